The number of benzene rings is 2. The molecule has 2 aromatic rings. The number of ether oxygens (including phenoxy) is 4. The van der Waals surface area contributed by atoms with E-state index in [0.717, 1.165) is 11.1 Å². The molecule has 1 unspecified atom stereocenters. The lowest BCUT2D eigenvalue weighted by molar-refractivity contribution is -0.132. The van der Waals surface area contributed by atoms with Gasteiger partial charge in [0.1, 0.15) is 5.76 Å². The first-order chi connectivity index (χ1) is 14.5. The lowest BCUT2D eigenvalue weighted by atomic mass is 9.94. The maximum Gasteiger partial charge on any atom is 0.280 e. The number of amides is 1. The number of methoxy groups -OCH3 is 3. The first kappa shape index (κ1) is 19.9. The number of likely N-dealkylation sites (N-methyl/N-ethyl adjacent to an activating group) is 1. The summed E-state index contributed by atoms with van der Waals surface area (Å²) >= 11 is 0. The van der Waals surface area contributed by atoms with E-state index in [4.69, 9.17) is 18.9 Å². The van der Waals surface area contributed by atoms with Crippen LogP contribution in [0.1, 0.15) is 23.6 Å². The van der Waals surface area contributed by atoms with Gasteiger partial charge in [-0.15, -0.1) is 0 Å². The molecule has 156 valence electrons. The number of carbonyl (C=O) groups is 1. The smallest absolute Gasteiger partial charge is 0.280 e. The topological polar surface area (TPSA) is 57.2 Å². The highest BCUT2D eigenvalue weighted by atomic mass is 16.5. The highest BCUT2D eigenvalue weighted by molar-refractivity contribution is 6.10. The molecule has 1 amide bonds. The second-order valence-electron chi connectivity index (χ2n) is 7.16. The Labute approximate surface area is 176 Å². The molecule has 4 rings (SSSR count). The second-order valence-corrected chi connectivity index (χ2v) is 7.16. The van der Waals surface area contributed by atoms with Crippen LogP contribution in [0.3, 0.4) is 0 Å². The van der Waals surface area contributed by atoms with Crippen LogP contribution in [0.2, 0.25) is 0 Å². The lowest BCUT2D eigenvalue weighted by Crippen LogP contribution is -2.39. The number of nitrogens with zero attached hydrogens (tertiary/aromatic N) is 1. The van der Waals surface area contributed by atoms with Gasteiger partial charge in [0.25, 0.3) is 5.91 Å². The molecule has 0 radical (unpaired) electrons. The molecule has 6 heteroatoms. The molecule has 2 aliphatic heterocycles. The van der Waals surface area contributed by atoms with E-state index in [-0.39, 0.29) is 5.91 Å². The van der Waals surface area contributed by atoms with E-state index in [1.165, 1.54) is 0 Å². The summed E-state index contributed by atoms with van der Waals surface area (Å²) in [7, 11) is 4.65. The Morgan fingerprint density at radius 3 is 2.47 bits per heavy atom. The minimum absolute atomic E-state index is 0.168. The zero-order valence-electron chi connectivity index (χ0n) is 17.8. The van der Waals surface area contributed by atoms with E-state index in [2.05, 4.69) is 0 Å². The third kappa shape index (κ3) is 2.75. The van der Waals surface area contributed by atoms with Crippen molar-refractivity contribution < 1.29 is 23.7 Å². The van der Waals surface area contributed by atoms with E-state index in [9.17, 15) is 4.79 Å². The van der Waals surface area contributed by atoms with Crippen molar-refractivity contribution in [3.63, 3.8) is 0 Å². The minimum Gasteiger partial charge on any atom is -0.493 e. The molecule has 0 saturated carbocycles. The summed E-state index contributed by atoms with van der Waals surface area (Å²) in [6, 6.07) is 9.82. The zero-order valence-corrected chi connectivity index (χ0v) is 17.8. The maximum absolute atomic E-state index is 13.5. The van der Waals surface area contributed by atoms with E-state index >= 15 is 0 Å². The van der Waals surface area contributed by atoms with Gasteiger partial charge in [0.15, 0.2) is 11.5 Å². The average molecular weight is 407 g/mol. The number of hydrogen-bond acceptors (Lipinski definition) is 5. The Hall–Kier alpha value is -3.41. The summed E-state index contributed by atoms with van der Waals surface area (Å²) in [6.45, 7) is 4.45. The fraction of sp³-hybridized carbons (Fsp3) is 0.292. The van der Waals surface area contributed by atoms with Crippen LogP contribution < -0.4 is 19.1 Å². The fourth-order valence-corrected chi connectivity index (χ4v) is 4.13. The first-order valence-electron chi connectivity index (χ1n) is 9.81. The Morgan fingerprint density at radius 1 is 1.10 bits per heavy atom. The molecule has 0 aliphatic carbocycles. The van der Waals surface area contributed by atoms with Gasteiger partial charge in [-0.05, 0) is 43.2 Å². The molecule has 6 nitrogen and oxygen atoms in total. The van der Waals surface area contributed by atoms with Crippen molar-refractivity contribution in [1.29, 1.82) is 0 Å². The summed E-state index contributed by atoms with van der Waals surface area (Å²) in [6.07, 6.45) is 5.57. The van der Waals surface area contributed by atoms with Gasteiger partial charge < -0.3 is 23.8 Å². The Morgan fingerprint density at radius 2 is 1.83 bits per heavy atom. The van der Waals surface area contributed by atoms with Gasteiger partial charge in [-0.25, -0.2) is 0 Å². The molecule has 1 spiro atoms. The summed E-state index contributed by atoms with van der Waals surface area (Å²) in [5, 5.41) is 0. The third-order valence-corrected chi connectivity index (χ3v) is 5.60. The normalized spacial score (nSPS) is 20.6. The number of aryl methyl sites for hydroxylation is 1. The van der Waals surface area contributed by atoms with Crippen molar-refractivity contribution >= 4 is 17.7 Å². The summed E-state index contributed by atoms with van der Waals surface area (Å²) in [5.41, 5.74) is 2.18. The van der Waals surface area contributed by atoms with Gasteiger partial charge in [-0.1, -0.05) is 24.3 Å². The standard InChI is InChI=1S/C24H25NO5/c1-6-25-18-14-19(27-3)21(28-4)22(29-5)20(18)24(23(25)26)12-11-17(30-24)13-16-10-8-7-9-15(16)2/h7-14H,6H2,1-5H3/b17-13+. The van der Waals surface area contributed by atoms with Crippen LogP contribution in [0.25, 0.3) is 6.08 Å². The largest absolute Gasteiger partial charge is 0.493 e. The molecule has 0 bridgehead atoms. The number of rotatable bonds is 5. The van der Waals surface area contributed by atoms with Crippen LogP contribution in [-0.2, 0) is 15.1 Å². The minimum atomic E-state index is -1.30. The maximum atomic E-state index is 13.5. The number of anilines is 1. The highest BCUT2D eigenvalue weighted by Crippen LogP contribution is 2.57. The molecule has 30 heavy (non-hydrogen) atoms. The van der Waals surface area contributed by atoms with Crippen molar-refractivity contribution in [1.82, 2.24) is 0 Å². The average Bonchev–Trinajstić information content (AvgIpc) is 3.28. The SMILES string of the molecule is CCN1C(=O)C2(C=C/C(=C\c3ccccc3C)O2)c2c1cc(OC)c(OC)c2OC. The van der Waals surface area contributed by atoms with Crippen LogP contribution >= 0.6 is 0 Å². The Bertz CT molecular complexity index is 1070. The molecule has 0 saturated heterocycles. The van der Waals surface area contributed by atoms with Crippen LogP contribution in [0.15, 0.2) is 48.2 Å². The van der Waals surface area contributed by atoms with Gasteiger partial charge >= 0.3 is 0 Å². The zero-order chi connectivity index (χ0) is 21.5. The monoisotopic (exact) mass is 407 g/mol. The van der Waals surface area contributed by atoms with Gasteiger partial charge in [0, 0.05) is 12.6 Å². The fourth-order valence-electron chi connectivity index (χ4n) is 4.13. The van der Waals surface area contributed by atoms with E-state index in [0.29, 0.717) is 40.8 Å². The molecule has 0 aromatic heterocycles. The first-order valence-corrected chi connectivity index (χ1v) is 9.81. The van der Waals surface area contributed by atoms with Gasteiger partial charge in [-0.2, -0.15) is 0 Å². The molecule has 2 aromatic carbocycles. The predicted molar refractivity (Wildman–Crippen MR) is 115 cm³/mol. The number of allylic oxidation sites excluding steroid dienone is 1. The number of hydrogen-bond donors (Lipinski definition) is 0. The molecule has 0 N–H and O–H groups in total. The van der Waals surface area contributed by atoms with Crippen molar-refractivity contribution in [3.05, 3.63) is 64.9 Å². The number of carbonyl (C=O) groups excluding carboxylic acids is 1. The quantitative estimate of drug-likeness (QED) is 0.743. The van der Waals surface area contributed by atoms with E-state index in [1.807, 2.05) is 50.3 Å². The third-order valence-electron chi connectivity index (χ3n) is 5.60. The van der Waals surface area contributed by atoms with Crippen molar-refractivity contribution in [2.45, 2.75) is 19.4 Å². The highest BCUT2D eigenvalue weighted by Gasteiger charge is 2.56. The molecule has 1 atom stereocenters. The molecule has 0 fully saturated rings. The summed E-state index contributed by atoms with van der Waals surface area (Å²) < 4.78 is 23.1. The number of fused-ring (bicyclic) bond motifs is 2. The second kappa shape index (κ2) is 7.44. The Balaban J connectivity index is 1.89. The van der Waals surface area contributed by atoms with Crippen molar-refractivity contribution in [2.75, 3.05) is 32.8 Å². The van der Waals surface area contributed by atoms with E-state index in [1.54, 1.807) is 38.4 Å². The van der Waals surface area contributed by atoms with Crippen LogP contribution in [0.4, 0.5) is 5.69 Å². The molecule has 2 heterocycles. The van der Waals surface area contributed by atoms with Gasteiger partial charge in [0.2, 0.25) is 11.4 Å². The predicted octanol–water partition coefficient (Wildman–Crippen LogP) is 4.21. The Kier molecular flexibility index (Phi) is 4.94. The summed E-state index contributed by atoms with van der Waals surface area (Å²) in [4.78, 5) is 15.2. The molecular weight excluding hydrogens is 382 g/mol. The summed E-state index contributed by atoms with van der Waals surface area (Å²) in [5.74, 6) is 1.79. The van der Waals surface area contributed by atoms with Crippen molar-refractivity contribution in [3.8, 4) is 17.2 Å². The van der Waals surface area contributed by atoms with Crippen LogP contribution in [0, 0.1) is 6.92 Å². The van der Waals surface area contributed by atoms with Crippen molar-refractivity contribution in [2.24, 2.45) is 0 Å². The van der Waals surface area contributed by atoms with Gasteiger partial charge in [0.05, 0.1) is 32.6 Å². The van der Waals surface area contributed by atoms with E-state index < -0.39 is 5.60 Å². The van der Waals surface area contributed by atoms with Crippen LogP contribution in [-0.4, -0.2) is 33.8 Å². The van der Waals surface area contributed by atoms with Gasteiger partial charge in [-0.3, -0.25) is 4.79 Å². The van der Waals surface area contributed by atoms with Crippen LogP contribution in [0.5, 0.6) is 17.2 Å². The molecule has 2 aliphatic rings. The molecular formula is C24H25NO5. The lowest BCUT2D eigenvalue weighted by Gasteiger charge is -2.24.